The molecule has 1 aromatic carbocycles. The standard InChI is InChI=1S/C20H27N5O.C2HF3O2/c1-15-5-4-6-16(11-15)12-24-13-17-18(14-24)26-10-9-25(17)19-7-8-21-20(22-19)23(2)3;3-2(4,5)1(6)7/h4-8,11,17-18H,9-10,12-14H2,1-3H3;(H,6,7)/t17-,18+;/m1./s1. The second kappa shape index (κ2) is 10.3. The Morgan fingerprint density at radius 3 is 2.64 bits per heavy atom. The molecule has 3 heterocycles. The topological polar surface area (TPSA) is 82.0 Å². The van der Waals surface area contributed by atoms with Crippen molar-refractivity contribution in [3.63, 3.8) is 0 Å². The van der Waals surface area contributed by atoms with E-state index in [2.05, 4.69) is 46.0 Å². The molecule has 2 fully saturated rings. The van der Waals surface area contributed by atoms with Gasteiger partial charge in [0.25, 0.3) is 0 Å². The fourth-order valence-electron chi connectivity index (χ4n) is 3.96. The number of ether oxygens (including phenoxy) is 1. The molecule has 0 bridgehead atoms. The number of benzene rings is 1. The van der Waals surface area contributed by atoms with Gasteiger partial charge in [-0.2, -0.15) is 18.2 Å². The maximum atomic E-state index is 10.6. The first-order valence-electron chi connectivity index (χ1n) is 10.5. The number of morpholine rings is 1. The molecule has 0 aliphatic carbocycles. The lowest BCUT2D eigenvalue weighted by Gasteiger charge is -2.37. The summed E-state index contributed by atoms with van der Waals surface area (Å²) in [6, 6.07) is 11.1. The highest BCUT2D eigenvalue weighted by Crippen LogP contribution is 2.28. The number of rotatable bonds is 4. The lowest BCUT2D eigenvalue weighted by Crippen LogP contribution is -2.51. The molecule has 2 atom stereocenters. The number of hydrogen-bond acceptors (Lipinski definition) is 7. The van der Waals surface area contributed by atoms with Crippen LogP contribution in [0, 0.1) is 6.92 Å². The third-order valence-corrected chi connectivity index (χ3v) is 5.43. The number of halogens is 3. The summed E-state index contributed by atoms with van der Waals surface area (Å²) < 4.78 is 37.8. The number of anilines is 2. The molecule has 0 unspecified atom stereocenters. The number of carboxylic acids is 1. The van der Waals surface area contributed by atoms with Crippen molar-refractivity contribution in [2.24, 2.45) is 0 Å². The Morgan fingerprint density at radius 1 is 1.27 bits per heavy atom. The van der Waals surface area contributed by atoms with Crippen molar-refractivity contribution in [2.45, 2.75) is 31.8 Å². The molecule has 180 valence electrons. The fourth-order valence-corrected chi connectivity index (χ4v) is 3.96. The molecule has 2 saturated heterocycles. The molecule has 2 aliphatic rings. The van der Waals surface area contributed by atoms with Gasteiger partial charge in [-0.05, 0) is 18.6 Å². The SMILES string of the molecule is Cc1cccc(CN2C[C@@H]3OCCN(c4ccnc(N(C)C)n4)[C@@H]3C2)c1.O=C(O)C(F)(F)F. The summed E-state index contributed by atoms with van der Waals surface area (Å²) >= 11 is 0. The molecule has 33 heavy (non-hydrogen) atoms. The van der Waals surface area contributed by atoms with Gasteiger partial charge >= 0.3 is 12.1 Å². The van der Waals surface area contributed by atoms with Gasteiger partial charge in [0, 0.05) is 46.5 Å². The Hall–Kier alpha value is -2.92. The van der Waals surface area contributed by atoms with Crippen LogP contribution >= 0.6 is 0 Å². The number of aryl methyl sites for hydroxylation is 1. The number of hydrogen-bond donors (Lipinski definition) is 1. The predicted molar refractivity (Wildman–Crippen MR) is 117 cm³/mol. The highest BCUT2D eigenvalue weighted by atomic mass is 19.4. The summed E-state index contributed by atoms with van der Waals surface area (Å²) in [4.78, 5) is 24.8. The van der Waals surface area contributed by atoms with Gasteiger partial charge in [-0.3, -0.25) is 4.90 Å². The Morgan fingerprint density at radius 2 is 2.00 bits per heavy atom. The minimum atomic E-state index is -5.08. The van der Waals surface area contributed by atoms with Gasteiger partial charge in [-0.15, -0.1) is 0 Å². The molecule has 4 rings (SSSR count). The quantitative estimate of drug-likeness (QED) is 0.735. The van der Waals surface area contributed by atoms with Crippen LogP contribution in [0.2, 0.25) is 0 Å². The van der Waals surface area contributed by atoms with Gasteiger partial charge in [0.2, 0.25) is 5.95 Å². The average Bonchev–Trinajstić information content (AvgIpc) is 3.16. The lowest BCUT2D eigenvalue weighted by molar-refractivity contribution is -0.192. The zero-order valence-corrected chi connectivity index (χ0v) is 18.8. The number of aromatic nitrogens is 2. The first-order valence-corrected chi connectivity index (χ1v) is 10.5. The molecule has 0 saturated carbocycles. The summed E-state index contributed by atoms with van der Waals surface area (Å²) in [5, 5.41) is 7.12. The fraction of sp³-hybridized carbons (Fsp3) is 0.500. The van der Waals surface area contributed by atoms with Crippen LogP contribution < -0.4 is 9.80 Å². The van der Waals surface area contributed by atoms with Crippen LogP contribution in [0.25, 0.3) is 0 Å². The summed E-state index contributed by atoms with van der Waals surface area (Å²) in [5.74, 6) is -1.01. The molecule has 8 nitrogen and oxygen atoms in total. The van der Waals surface area contributed by atoms with E-state index in [1.54, 1.807) is 0 Å². The third-order valence-electron chi connectivity index (χ3n) is 5.43. The Labute approximate surface area is 190 Å². The smallest absolute Gasteiger partial charge is 0.475 e. The normalized spacial score (nSPS) is 20.6. The summed E-state index contributed by atoms with van der Waals surface area (Å²) in [7, 11) is 3.95. The van der Waals surface area contributed by atoms with E-state index in [9.17, 15) is 13.2 Å². The zero-order chi connectivity index (χ0) is 24.2. The van der Waals surface area contributed by atoms with E-state index in [1.807, 2.05) is 31.3 Å². The second-order valence-electron chi connectivity index (χ2n) is 8.27. The molecule has 0 amide bonds. The van der Waals surface area contributed by atoms with Crippen LogP contribution in [-0.4, -0.2) is 84.6 Å². The summed E-state index contributed by atoms with van der Waals surface area (Å²) in [5.41, 5.74) is 2.68. The number of likely N-dealkylation sites (tertiary alicyclic amines) is 1. The minimum Gasteiger partial charge on any atom is -0.475 e. The molecular formula is C22H28F3N5O3. The van der Waals surface area contributed by atoms with Crippen molar-refractivity contribution in [3.05, 3.63) is 47.7 Å². The highest BCUT2D eigenvalue weighted by Gasteiger charge is 2.41. The number of aliphatic carboxylic acids is 1. The maximum Gasteiger partial charge on any atom is 0.490 e. The zero-order valence-electron chi connectivity index (χ0n) is 18.8. The second-order valence-corrected chi connectivity index (χ2v) is 8.27. The molecular weight excluding hydrogens is 439 g/mol. The summed E-state index contributed by atoms with van der Waals surface area (Å²) in [6.07, 6.45) is -2.99. The lowest BCUT2D eigenvalue weighted by atomic mass is 10.1. The summed E-state index contributed by atoms with van der Waals surface area (Å²) in [6.45, 7) is 6.72. The van der Waals surface area contributed by atoms with Crippen LogP contribution in [0.1, 0.15) is 11.1 Å². The largest absolute Gasteiger partial charge is 0.490 e. The van der Waals surface area contributed by atoms with Crippen LogP contribution in [0.3, 0.4) is 0 Å². The number of carboxylic acid groups (broad SMARTS) is 1. The van der Waals surface area contributed by atoms with Crippen LogP contribution in [0.15, 0.2) is 36.5 Å². The maximum absolute atomic E-state index is 10.6. The van der Waals surface area contributed by atoms with Crippen molar-refractivity contribution >= 4 is 17.7 Å². The molecule has 1 aromatic heterocycles. The van der Waals surface area contributed by atoms with E-state index in [4.69, 9.17) is 19.6 Å². The van der Waals surface area contributed by atoms with Crippen molar-refractivity contribution < 1.29 is 27.8 Å². The van der Waals surface area contributed by atoms with Crippen LogP contribution in [-0.2, 0) is 16.1 Å². The van der Waals surface area contributed by atoms with Crippen molar-refractivity contribution in [3.8, 4) is 0 Å². The van der Waals surface area contributed by atoms with E-state index in [0.29, 0.717) is 6.04 Å². The van der Waals surface area contributed by atoms with E-state index >= 15 is 0 Å². The Bertz CT molecular complexity index is 957. The minimum absolute atomic E-state index is 0.242. The Balaban J connectivity index is 0.000000383. The van der Waals surface area contributed by atoms with Gasteiger partial charge in [0.1, 0.15) is 5.82 Å². The van der Waals surface area contributed by atoms with Gasteiger partial charge in [0.15, 0.2) is 0 Å². The molecule has 0 spiro atoms. The van der Waals surface area contributed by atoms with E-state index in [0.717, 1.165) is 44.6 Å². The van der Waals surface area contributed by atoms with Gasteiger partial charge < -0.3 is 19.6 Å². The van der Waals surface area contributed by atoms with Crippen molar-refractivity contribution in [1.82, 2.24) is 14.9 Å². The van der Waals surface area contributed by atoms with Crippen LogP contribution in [0.4, 0.5) is 24.9 Å². The van der Waals surface area contributed by atoms with Gasteiger partial charge in [0.05, 0.1) is 18.8 Å². The predicted octanol–water partition coefficient (Wildman–Crippen LogP) is 2.57. The molecule has 1 N–H and O–H groups in total. The van der Waals surface area contributed by atoms with E-state index in [1.165, 1.54) is 11.1 Å². The first kappa shape index (κ1) is 24.7. The number of nitrogens with zero attached hydrogens (tertiary/aromatic N) is 5. The number of carbonyl (C=O) groups is 1. The molecule has 2 aromatic rings. The van der Waals surface area contributed by atoms with E-state index < -0.39 is 12.1 Å². The monoisotopic (exact) mass is 467 g/mol. The van der Waals surface area contributed by atoms with Crippen molar-refractivity contribution in [1.29, 1.82) is 0 Å². The molecule has 11 heteroatoms. The van der Waals surface area contributed by atoms with Crippen molar-refractivity contribution in [2.75, 3.05) is 50.1 Å². The average molecular weight is 467 g/mol. The Kier molecular flexibility index (Phi) is 7.75. The molecule has 2 aliphatic heterocycles. The molecule has 0 radical (unpaired) electrons. The van der Waals surface area contributed by atoms with Crippen LogP contribution in [0.5, 0.6) is 0 Å². The van der Waals surface area contributed by atoms with Gasteiger partial charge in [-0.25, -0.2) is 9.78 Å². The van der Waals surface area contributed by atoms with E-state index in [-0.39, 0.29) is 6.10 Å². The number of fused-ring (bicyclic) bond motifs is 1. The third kappa shape index (κ3) is 6.55. The first-order chi connectivity index (χ1) is 15.5. The number of alkyl halides is 3. The highest BCUT2D eigenvalue weighted by molar-refractivity contribution is 5.73. The van der Waals surface area contributed by atoms with Gasteiger partial charge in [-0.1, -0.05) is 29.8 Å².